The van der Waals surface area contributed by atoms with E-state index in [0.717, 1.165) is 5.18 Å². The number of hydrogen-bond donors (Lipinski definition) is 0. The van der Waals surface area contributed by atoms with Crippen molar-refractivity contribution in [1.82, 2.24) is 0 Å². The Morgan fingerprint density at radius 2 is 1.50 bits per heavy atom. The first-order chi connectivity index (χ1) is 2.56. The van der Waals surface area contributed by atoms with E-state index in [0.29, 0.717) is 0 Å². The van der Waals surface area contributed by atoms with Gasteiger partial charge in [-0.05, 0) is 0 Å². The number of nitrogens with zero attached hydrogens (tertiary/aromatic N) is 1. The number of rotatable bonds is 0. The molecule has 0 saturated heterocycles. The molecule has 36 valence electrons. The van der Waals surface area contributed by atoms with E-state index in [9.17, 15) is 13.2 Å². The largest absolute Gasteiger partial charge is 0.538 e. The van der Waals surface area contributed by atoms with Gasteiger partial charge >= 0.3 is 6.30 Å². The predicted molar refractivity (Wildman–Crippen MR) is 11.9 cm³/mol. The van der Waals surface area contributed by atoms with Gasteiger partial charge in [0.2, 0.25) is 0 Å². The van der Waals surface area contributed by atoms with Crippen LogP contribution in [-0.4, -0.2) is 6.30 Å². The number of nitroso groups, excluding NO2 is 1. The van der Waals surface area contributed by atoms with Gasteiger partial charge in [-0.2, -0.15) is 0 Å². The highest BCUT2D eigenvalue weighted by Crippen LogP contribution is 2.13. The lowest BCUT2D eigenvalue weighted by atomic mass is 11.2. The summed E-state index contributed by atoms with van der Waals surface area (Å²) in [6, 6.07) is 0. The van der Waals surface area contributed by atoms with E-state index in [1.54, 1.807) is 0 Å². The molecule has 0 aliphatic rings. The van der Waals surface area contributed by atoms with Gasteiger partial charge in [0.05, 0.1) is 0 Å². The number of alkyl halides is 3. The Hall–Kier alpha value is -0.610. The van der Waals surface area contributed by atoms with Crippen LogP contribution in [0.15, 0.2) is 5.18 Å². The number of halogens is 3. The van der Waals surface area contributed by atoms with Gasteiger partial charge < -0.3 is 0 Å². The smallest absolute Gasteiger partial charge is 0.146 e. The maximum absolute atomic E-state index is 10.3. The third kappa shape index (κ3) is 3.39. The van der Waals surface area contributed by atoms with Crippen molar-refractivity contribution < 1.29 is 13.2 Å². The molecule has 0 fully saturated rings. The maximum atomic E-state index is 10.3. The quantitative estimate of drug-likeness (QED) is 0.332. The molecular weight excluding hydrogens is 99.0 g/mol. The minimum absolute atomic E-state index is 0.771. The SMILES string of the molecule is O=NC(F)(F)F. The molecule has 0 amide bonds. The van der Waals surface area contributed by atoms with Gasteiger partial charge in [0, 0.05) is 5.18 Å². The lowest BCUT2D eigenvalue weighted by Gasteiger charge is -1.85. The molecule has 0 atom stereocenters. The molecular formula is CF3NO. The van der Waals surface area contributed by atoms with Crippen molar-refractivity contribution in [2.24, 2.45) is 5.18 Å². The molecule has 0 heterocycles. The fraction of sp³-hybridized carbons (Fsp3) is 1.00. The first-order valence-electron chi connectivity index (χ1n) is 0.973. The molecule has 5 heteroatoms. The van der Waals surface area contributed by atoms with Crippen molar-refractivity contribution in [2.45, 2.75) is 6.30 Å². The van der Waals surface area contributed by atoms with Gasteiger partial charge in [0.15, 0.2) is 0 Å². The average Bonchev–Trinajstić information content (AvgIpc) is 1.35. The van der Waals surface area contributed by atoms with Gasteiger partial charge in [-0.15, -0.1) is 18.1 Å². The third-order valence-corrected chi connectivity index (χ3v) is 0.104. The lowest BCUT2D eigenvalue weighted by Crippen LogP contribution is -1.98. The van der Waals surface area contributed by atoms with Crippen LogP contribution in [-0.2, 0) is 0 Å². The summed E-state index contributed by atoms with van der Waals surface area (Å²) in [5.74, 6) is 0. The zero-order valence-electron chi connectivity index (χ0n) is 2.49. The van der Waals surface area contributed by atoms with Crippen LogP contribution in [0, 0.1) is 4.91 Å². The molecule has 6 heavy (non-hydrogen) atoms. The van der Waals surface area contributed by atoms with Crippen LogP contribution < -0.4 is 0 Å². The van der Waals surface area contributed by atoms with Crippen molar-refractivity contribution >= 4 is 0 Å². The topological polar surface area (TPSA) is 29.4 Å². The highest BCUT2D eigenvalue weighted by atomic mass is 19.4. The molecule has 0 aliphatic carbocycles. The van der Waals surface area contributed by atoms with Crippen LogP contribution >= 0.6 is 0 Å². The molecule has 2 nitrogen and oxygen atoms in total. The Morgan fingerprint density at radius 3 is 1.50 bits per heavy atom. The zero-order valence-corrected chi connectivity index (χ0v) is 2.49. The molecule has 0 aromatic heterocycles. The van der Waals surface area contributed by atoms with E-state index in [1.165, 1.54) is 0 Å². The Balaban J connectivity index is 3.45. The minimum Gasteiger partial charge on any atom is -0.146 e. The zero-order chi connectivity index (χ0) is 5.21. The highest BCUT2D eigenvalue weighted by molar-refractivity contribution is 4.36. The summed E-state index contributed by atoms with van der Waals surface area (Å²) in [7, 11) is 0. The Labute approximate surface area is 30.9 Å². The molecule has 0 saturated carbocycles. The van der Waals surface area contributed by atoms with Gasteiger partial charge in [-0.3, -0.25) is 0 Å². The van der Waals surface area contributed by atoms with Crippen molar-refractivity contribution in [3.8, 4) is 0 Å². The fourth-order valence-corrected chi connectivity index (χ4v) is 0. The predicted octanol–water partition coefficient (Wildman–Crippen LogP) is 1.27. The fourth-order valence-electron chi connectivity index (χ4n) is 0. The van der Waals surface area contributed by atoms with E-state index in [2.05, 4.69) is 0 Å². The summed E-state index contributed by atoms with van der Waals surface area (Å²) >= 11 is 0. The van der Waals surface area contributed by atoms with Crippen LogP contribution in [0.1, 0.15) is 0 Å². The van der Waals surface area contributed by atoms with Crippen LogP contribution in [0.5, 0.6) is 0 Å². The summed E-state index contributed by atoms with van der Waals surface area (Å²) in [6.45, 7) is 0. The van der Waals surface area contributed by atoms with E-state index >= 15 is 0 Å². The van der Waals surface area contributed by atoms with Crippen LogP contribution in [0.25, 0.3) is 0 Å². The van der Waals surface area contributed by atoms with Crippen molar-refractivity contribution in [3.05, 3.63) is 4.91 Å². The van der Waals surface area contributed by atoms with E-state index in [-0.39, 0.29) is 0 Å². The average molecular weight is 99.0 g/mol. The summed E-state index contributed by atoms with van der Waals surface area (Å²) < 4.78 is 30.9. The molecule has 0 aliphatic heterocycles. The molecule has 0 rings (SSSR count). The summed E-state index contributed by atoms with van der Waals surface area (Å²) in [5.41, 5.74) is 0. The van der Waals surface area contributed by atoms with Gasteiger partial charge in [-0.25, -0.2) is 0 Å². The molecule has 0 bridgehead atoms. The molecule has 0 radical (unpaired) electrons. The van der Waals surface area contributed by atoms with Gasteiger partial charge in [-0.1, -0.05) is 0 Å². The van der Waals surface area contributed by atoms with E-state index in [1.807, 2.05) is 0 Å². The monoisotopic (exact) mass is 99.0 g/mol. The minimum atomic E-state index is -4.89. The van der Waals surface area contributed by atoms with E-state index in [4.69, 9.17) is 4.91 Å². The van der Waals surface area contributed by atoms with E-state index < -0.39 is 6.30 Å². The molecule has 0 aromatic carbocycles. The normalized spacial score (nSPS) is 11.2. The molecule has 0 unspecified atom stereocenters. The summed E-state index contributed by atoms with van der Waals surface area (Å²) in [5, 5.41) is 0.771. The van der Waals surface area contributed by atoms with Crippen LogP contribution in [0.2, 0.25) is 0 Å². The first kappa shape index (κ1) is 5.39. The Bertz CT molecular complexity index is 56.3. The summed E-state index contributed by atoms with van der Waals surface area (Å²) in [6.07, 6.45) is -4.89. The Kier molecular flexibility index (Phi) is 1.11. The van der Waals surface area contributed by atoms with Crippen LogP contribution in [0.4, 0.5) is 13.2 Å². The van der Waals surface area contributed by atoms with Gasteiger partial charge in [0.25, 0.3) is 0 Å². The first-order valence-corrected chi connectivity index (χ1v) is 0.973. The second kappa shape index (κ2) is 1.24. The van der Waals surface area contributed by atoms with Gasteiger partial charge in [0.1, 0.15) is 0 Å². The standard InChI is InChI=1S/CF3NO/c2-1(3,4)5-6. The molecule has 0 N–H and O–H groups in total. The third-order valence-electron chi connectivity index (χ3n) is 0.104. The molecule has 0 aromatic rings. The summed E-state index contributed by atoms with van der Waals surface area (Å²) in [4.78, 5) is 8.45. The lowest BCUT2D eigenvalue weighted by molar-refractivity contribution is -0.121. The highest BCUT2D eigenvalue weighted by Gasteiger charge is 2.27. The number of hydrogen-bond acceptors (Lipinski definition) is 2. The second-order valence-corrected chi connectivity index (χ2v) is 0.559. The maximum Gasteiger partial charge on any atom is 0.538 e. The second-order valence-electron chi connectivity index (χ2n) is 0.559. The Morgan fingerprint density at radius 1 is 1.33 bits per heavy atom. The van der Waals surface area contributed by atoms with Crippen molar-refractivity contribution in [2.75, 3.05) is 0 Å². The molecule has 0 spiro atoms. The van der Waals surface area contributed by atoms with Crippen molar-refractivity contribution in [1.29, 1.82) is 0 Å². The van der Waals surface area contributed by atoms with Crippen molar-refractivity contribution in [3.63, 3.8) is 0 Å². The van der Waals surface area contributed by atoms with Crippen LogP contribution in [0.3, 0.4) is 0 Å².